The topological polar surface area (TPSA) is 56.2 Å². The number of rotatable bonds is 6. The number of hydrogen-bond donors (Lipinski definition) is 1. The van der Waals surface area contributed by atoms with E-state index in [4.69, 9.17) is 39.6 Å². The Morgan fingerprint density at radius 3 is 2.50 bits per heavy atom. The zero-order chi connectivity index (χ0) is 23.7. The van der Waals surface area contributed by atoms with Gasteiger partial charge >= 0.3 is 0 Å². The molecular formula is C26H24Cl3N3O2. The van der Waals surface area contributed by atoms with Crippen molar-refractivity contribution in [2.45, 2.75) is 38.5 Å². The molecule has 1 amide bonds. The van der Waals surface area contributed by atoms with Crippen LogP contribution in [0.15, 0.2) is 48.8 Å². The fourth-order valence-corrected chi connectivity index (χ4v) is 5.57. The van der Waals surface area contributed by atoms with Crippen LogP contribution in [0, 0.1) is 5.92 Å². The van der Waals surface area contributed by atoms with Gasteiger partial charge < -0.3 is 10.2 Å². The van der Waals surface area contributed by atoms with E-state index in [1.165, 1.54) is 44.5 Å². The van der Waals surface area contributed by atoms with Gasteiger partial charge in [-0.3, -0.25) is 9.78 Å². The van der Waals surface area contributed by atoms with E-state index in [1.807, 2.05) is 30.3 Å². The van der Waals surface area contributed by atoms with E-state index in [0.717, 1.165) is 28.2 Å². The van der Waals surface area contributed by atoms with Gasteiger partial charge in [0.05, 0.1) is 26.3 Å². The van der Waals surface area contributed by atoms with E-state index in [-0.39, 0.29) is 16.0 Å². The first kappa shape index (κ1) is 23.3. The summed E-state index contributed by atoms with van der Waals surface area (Å²) in [5.74, 6) is 0.371. The summed E-state index contributed by atoms with van der Waals surface area (Å²) in [5, 5.41) is 5.55. The van der Waals surface area contributed by atoms with Crippen LogP contribution in [0.4, 0.5) is 5.69 Å². The van der Waals surface area contributed by atoms with Crippen LogP contribution in [-0.4, -0.2) is 22.2 Å². The highest BCUT2D eigenvalue weighted by molar-refractivity contribution is 6.40. The number of pyridine rings is 1. The molecule has 0 unspecified atom stereocenters. The van der Waals surface area contributed by atoms with E-state index in [1.54, 1.807) is 10.8 Å². The van der Waals surface area contributed by atoms with Crippen LogP contribution in [0.1, 0.15) is 48.9 Å². The lowest BCUT2D eigenvalue weighted by Gasteiger charge is -2.21. The monoisotopic (exact) mass is 515 g/mol. The minimum atomic E-state index is -0.332. The van der Waals surface area contributed by atoms with Gasteiger partial charge in [0.1, 0.15) is 12.1 Å². The van der Waals surface area contributed by atoms with Crippen molar-refractivity contribution in [2.24, 2.45) is 5.92 Å². The average Bonchev–Trinajstić information content (AvgIpc) is 3.17. The Kier molecular flexibility index (Phi) is 6.87. The van der Waals surface area contributed by atoms with Gasteiger partial charge in [0, 0.05) is 28.7 Å². The normalized spacial score (nSPS) is 14.6. The molecule has 5 nitrogen and oxygen atoms in total. The quantitative estimate of drug-likeness (QED) is 0.284. The molecule has 176 valence electrons. The molecule has 2 heterocycles. The Bertz CT molecular complexity index is 1340. The summed E-state index contributed by atoms with van der Waals surface area (Å²) in [4.78, 5) is 23.6. The number of benzene rings is 2. The summed E-state index contributed by atoms with van der Waals surface area (Å²) < 4.78 is 1.78. The first-order valence-corrected chi connectivity index (χ1v) is 12.6. The number of para-hydroxylation sites is 1. The smallest absolute Gasteiger partial charge is 0.256 e. The molecule has 34 heavy (non-hydrogen) atoms. The summed E-state index contributed by atoms with van der Waals surface area (Å²) in [6.07, 6.45) is 10.4. The molecular weight excluding hydrogens is 493 g/mol. The number of nitrogens with one attached hydrogen (secondary N) is 1. The minimum Gasteiger partial charge on any atom is -0.413 e. The van der Waals surface area contributed by atoms with Crippen molar-refractivity contribution in [1.82, 2.24) is 9.71 Å². The van der Waals surface area contributed by atoms with Crippen molar-refractivity contribution in [2.75, 3.05) is 11.9 Å². The van der Waals surface area contributed by atoms with Crippen molar-refractivity contribution < 1.29 is 9.63 Å². The van der Waals surface area contributed by atoms with Gasteiger partial charge in [0.15, 0.2) is 0 Å². The Morgan fingerprint density at radius 2 is 1.74 bits per heavy atom. The van der Waals surface area contributed by atoms with Gasteiger partial charge in [0.25, 0.3) is 5.91 Å². The molecule has 0 atom stereocenters. The molecule has 5 rings (SSSR count). The number of aromatic nitrogens is 2. The number of nitrogens with zero attached hydrogens (tertiary/aromatic N) is 2. The minimum absolute atomic E-state index is 0.268. The lowest BCUT2D eigenvalue weighted by molar-refractivity contribution is 0.102. The largest absolute Gasteiger partial charge is 0.413 e. The Morgan fingerprint density at radius 1 is 1.00 bits per heavy atom. The molecule has 2 aromatic heterocycles. The zero-order valence-corrected chi connectivity index (χ0v) is 20.8. The van der Waals surface area contributed by atoms with Crippen LogP contribution in [0.25, 0.3) is 21.8 Å². The second-order valence-corrected chi connectivity index (χ2v) is 9.91. The fourth-order valence-electron chi connectivity index (χ4n) is 4.86. The maximum Gasteiger partial charge on any atom is 0.256 e. The number of halogens is 3. The van der Waals surface area contributed by atoms with E-state index in [9.17, 15) is 4.79 Å². The number of carbonyl (C=O) groups is 1. The van der Waals surface area contributed by atoms with Crippen LogP contribution >= 0.6 is 34.8 Å². The maximum absolute atomic E-state index is 13.4. The van der Waals surface area contributed by atoms with Gasteiger partial charge in [-0.25, -0.2) is 0 Å². The molecule has 1 saturated carbocycles. The molecule has 0 bridgehead atoms. The predicted molar refractivity (Wildman–Crippen MR) is 139 cm³/mol. The molecule has 1 aliphatic carbocycles. The zero-order valence-electron chi connectivity index (χ0n) is 18.5. The highest BCUT2D eigenvalue weighted by Gasteiger charge is 2.22. The van der Waals surface area contributed by atoms with Crippen LogP contribution in [-0.2, 0) is 0 Å². The van der Waals surface area contributed by atoms with Gasteiger partial charge in [0.2, 0.25) is 0 Å². The van der Waals surface area contributed by atoms with Gasteiger partial charge in [-0.05, 0) is 30.5 Å². The van der Waals surface area contributed by atoms with E-state index in [2.05, 4.69) is 10.3 Å². The Hall–Kier alpha value is -2.47. The fraction of sp³-hybridized carbons (Fsp3) is 0.308. The second-order valence-electron chi connectivity index (χ2n) is 8.69. The van der Waals surface area contributed by atoms with Crippen molar-refractivity contribution in [1.29, 1.82) is 0 Å². The third kappa shape index (κ3) is 4.45. The molecule has 4 aromatic rings. The second kappa shape index (κ2) is 10.0. The lowest BCUT2D eigenvalue weighted by atomic mass is 9.87. The molecule has 0 aliphatic heterocycles. The lowest BCUT2D eigenvalue weighted by Crippen LogP contribution is -2.17. The Balaban J connectivity index is 1.53. The number of amides is 1. The molecule has 1 N–H and O–H groups in total. The molecule has 2 aromatic carbocycles. The van der Waals surface area contributed by atoms with E-state index >= 15 is 0 Å². The first-order chi connectivity index (χ1) is 16.5. The van der Waals surface area contributed by atoms with Crippen molar-refractivity contribution in [3.05, 3.63) is 69.4 Å². The highest BCUT2D eigenvalue weighted by Crippen LogP contribution is 2.36. The molecule has 0 radical (unpaired) electrons. The number of anilines is 1. The molecule has 0 saturated heterocycles. The molecule has 1 aliphatic rings. The van der Waals surface area contributed by atoms with Crippen LogP contribution in [0.5, 0.6) is 0 Å². The molecule has 8 heteroatoms. The van der Waals surface area contributed by atoms with Crippen LogP contribution in [0.3, 0.4) is 0 Å². The highest BCUT2D eigenvalue weighted by atomic mass is 35.5. The SMILES string of the molecule is O=C(Nc1c(Cl)cncc1Cl)c1cccc2c1c1cccc(Cl)c1n2OCCC1CCCCC1. The number of fused-ring (bicyclic) bond motifs is 3. The summed E-state index contributed by atoms with van der Waals surface area (Å²) in [6, 6.07) is 11.2. The average molecular weight is 517 g/mol. The predicted octanol–water partition coefficient (Wildman–Crippen LogP) is 7.80. The Labute approximate surface area is 212 Å². The van der Waals surface area contributed by atoms with E-state index < -0.39 is 0 Å². The van der Waals surface area contributed by atoms with Crippen molar-refractivity contribution >= 4 is 68.2 Å². The van der Waals surface area contributed by atoms with Crippen LogP contribution in [0.2, 0.25) is 15.1 Å². The standard InChI is InChI=1S/C26H24Cl3N3O2/c27-19-10-4-8-17-23-18(26(33)31-24-20(28)14-30-15-21(24)29)9-5-11-22(23)32(25(17)19)34-13-12-16-6-2-1-3-7-16/h4-5,8-11,14-16H,1-3,6-7,12-13H2,(H,30,31,33). The maximum atomic E-state index is 13.4. The van der Waals surface area contributed by atoms with Crippen LogP contribution < -0.4 is 10.2 Å². The summed E-state index contributed by atoms with van der Waals surface area (Å²) in [7, 11) is 0. The van der Waals surface area contributed by atoms with E-state index in [0.29, 0.717) is 28.8 Å². The number of carbonyl (C=O) groups excluding carboxylic acids is 1. The first-order valence-electron chi connectivity index (χ1n) is 11.5. The van der Waals surface area contributed by atoms with Crippen molar-refractivity contribution in [3.63, 3.8) is 0 Å². The molecule has 1 fully saturated rings. The summed E-state index contributed by atoms with van der Waals surface area (Å²) >= 11 is 19.1. The summed E-state index contributed by atoms with van der Waals surface area (Å²) in [6.45, 7) is 0.591. The third-order valence-corrected chi connectivity index (χ3v) is 7.41. The third-order valence-electron chi connectivity index (χ3n) is 6.53. The number of hydrogen-bond acceptors (Lipinski definition) is 3. The van der Waals surface area contributed by atoms with Gasteiger partial charge in [-0.2, -0.15) is 4.73 Å². The molecule has 0 spiro atoms. The van der Waals surface area contributed by atoms with Gasteiger partial charge in [-0.1, -0.05) is 85.1 Å². The van der Waals surface area contributed by atoms with Crippen molar-refractivity contribution in [3.8, 4) is 0 Å². The van der Waals surface area contributed by atoms with Gasteiger partial charge in [-0.15, -0.1) is 0 Å². The summed E-state index contributed by atoms with van der Waals surface area (Å²) in [5.41, 5.74) is 2.34.